The number of hydrogen-bond acceptors (Lipinski definition) is 3. The van der Waals surface area contributed by atoms with Crippen LogP contribution in [0.2, 0.25) is 5.02 Å². The van der Waals surface area contributed by atoms with Crippen molar-refractivity contribution in [2.75, 3.05) is 23.7 Å². The van der Waals surface area contributed by atoms with Gasteiger partial charge in [0.25, 0.3) is 0 Å². The summed E-state index contributed by atoms with van der Waals surface area (Å²) in [6.45, 7) is 9.80. The predicted molar refractivity (Wildman–Crippen MR) is 92.2 cm³/mol. The number of nitrogens with one attached hydrogen (secondary N) is 1. The molecule has 0 aliphatic carbocycles. The number of benzene rings is 1. The average molecular weight is 313 g/mol. The molecule has 0 radical (unpaired) electrons. The highest BCUT2D eigenvalue weighted by Gasteiger charge is 2.21. The Morgan fingerprint density at radius 3 is 2.95 bits per heavy atom. The van der Waals surface area contributed by atoms with Crippen LogP contribution < -0.4 is 10.2 Å². The minimum absolute atomic E-state index is 0.488. The van der Waals surface area contributed by atoms with Crippen LogP contribution in [0, 0.1) is 0 Å². The van der Waals surface area contributed by atoms with Crippen molar-refractivity contribution in [3.63, 3.8) is 0 Å². The molecule has 2 rings (SSSR count). The fourth-order valence-corrected chi connectivity index (χ4v) is 3.88. The van der Waals surface area contributed by atoms with Gasteiger partial charge in [-0.25, -0.2) is 0 Å². The van der Waals surface area contributed by atoms with Crippen molar-refractivity contribution in [1.29, 1.82) is 0 Å². The minimum atomic E-state index is 0.488. The first-order chi connectivity index (χ1) is 9.60. The third kappa shape index (κ3) is 4.31. The second-order valence-electron chi connectivity index (χ2n) is 5.66. The highest BCUT2D eigenvalue weighted by Crippen LogP contribution is 2.30. The van der Waals surface area contributed by atoms with Crippen molar-refractivity contribution < 1.29 is 0 Å². The molecule has 1 aliphatic rings. The third-order valence-electron chi connectivity index (χ3n) is 3.68. The lowest BCUT2D eigenvalue weighted by molar-refractivity contribution is 0.587. The van der Waals surface area contributed by atoms with Crippen LogP contribution >= 0.6 is 23.4 Å². The lowest BCUT2D eigenvalue weighted by Gasteiger charge is -2.35. The Hall–Kier alpha value is -0.380. The van der Waals surface area contributed by atoms with Gasteiger partial charge in [-0.15, -0.1) is 0 Å². The Labute approximate surface area is 132 Å². The Morgan fingerprint density at radius 2 is 2.25 bits per heavy atom. The third-order valence-corrected chi connectivity index (χ3v) is 5.28. The van der Waals surface area contributed by atoms with Gasteiger partial charge >= 0.3 is 0 Å². The van der Waals surface area contributed by atoms with Gasteiger partial charge in [0, 0.05) is 47.4 Å². The minimum Gasteiger partial charge on any atom is -0.369 e. The van der Waals surface area contributed by atoms with E-state index in [1.165, 1.54) is 23.4 Å². The molecule has 1 heterocycles. The SMILES string of the molecule is CCC1CN(c2ccc(Cl)cc2CNC(C)C)CCS1. The van der Waals surface area contributed by atoms with Crippen LogP contribution in [0.4, 0.5) is 5.69 Å². The zero-order valence-corrected chi connectivity index (χ0v) is 14.2. The van der Waals surface area contributed by atoms with Crippen LogP contribution in [-0.4, -0.2) is 30.1 Å². The van der Waals surface area contributed by atoms with E-state index in [1.54, 1.807) is 0 Å². The first-order valence-corrected chi connectivity index (χ1v) is 8.91. The van der Waals surface area contributed by atoms with Crippen molar-refractivity contribution in [3.05, 3.63) is 28.8 Å². The normalized spacial score (nSPS) is 19.6. The van der Waals surface area contributed by atoms with E-state index in [0.717, 1.165) is 29.9 Å². The Balaban J connectivity index is 2.16. The number of rotatable bonds is 5. The Kier molecular flexibility index (Phi) is 6.06. The van der Waals surface area contributed by atoms with E-state index < -0.39 is 0 Å². The van der Waals surface area contributed by atoms with Crippen molar-refractivity contribution in [2.24, 2.45) is 0 Å². The van der Waals surface area contributed by atoms with E-state index in [2.05, 4.69) is 54.9 Å². The quantitative estimate of drug-likeness (QED) is 0.878. The first kappa shape index (κ1) is 16.0. The Bertz CT molecular complexity index is 436. The smallest absolute Gasteiger partial charge is 0.0413 e. The zero-order chi connectivity index (χ0) is 14.5. The van der Waals surface area contributed by atoms with E-state index in [9.17, 15) is 0 Å². The molecule has 1 aromatic carbocycles. The highest BCUT2D eigenvalue weighted by atomic mass is 35.5. The molecule has 0 spiro atoms. The number of anilines is 1. The summed E-state index contributed by atoms with van der Waals surface area (Å²) < 4.78 is 0. The van der Waals surface area contributed by atoms with Crippen LogP contribution in [0.3, 0.4) is 0 Å². The van der Waals surface area contributed by atoms with E-state index in [0.29, 0.717) is 6.04 Å². The van der Waals surface area contributed by atoms with Crippen LogP contribution in [0.1, 0.15) is 32.8 Å². The summed E-state index contributed by atoms with van der Waals surface area (Å²) in [5.74, 6) is 1.22. The van der Waals surface area contributed by atoms with Gasteiger partial charge in [0.2, 0.25) is 0 Å². The summed E-state index contributed by atoms with van der Waals surface area (Å²) in [5, 5.41) is 5.08. The summed E-state index contributed by atoms with van der Waals surface area (Å²) in [7, 11) is 0. The van der Waals surface area contributed by atoms with Gasteiger partial charge < -0.3 is 10.2 Å². The van der Waals surface area contributed by atoms with Gasteiger partial charge in [0.05, 0.1) is 0 Å². The molecule has 112 valence electrons. The first-order valence-electron chi connectivity index (χ1n) is 7.48. The molecule has 0 saturated carbocycles. The monoisotopic (exact) mass is 312 g/mol. The summed E-state index contributed by atoms with van der Waals surface area (Å²) >= 11 is 8.28. The molecule has 1 atom stereocenters. The molecule has 1 fully saturated rings. The van der Waals surface area contributed by atoms with Crippen LogP contribution in [0.5, 0.6) is 0 Å². The molecule has 20 heavy (non-hydrogen) atoms. The maximum absolute atomic E-state index is 6.18. The number of hydrogen-bond donors (Lipinski definition) is 1. The van der Waals surface area contributed by atoms with Gasteiger partial charge in [-0.2, -0.15) is 11.8 Å². The molecule has 1 N–H and O–H groups in total. The van der Waals surface area contributed by atoms with Gasteiger partial charge in [-0.3, -0.25) is 0 Å². The molecule has 0 aromatic heterocycles. The Morgan fingerprint density at radius 1 is 1.45 bits per heavy atom. The van der Waals surface area contributed by atoms with Gasteiger partial charge in [0.15, 0.2) is 0 Å². The van der Waals surface area contributed by atoms with Gasteiger partial charge in [-0.05, 0) is 30.2 Å². The van der Waals surface area contributed by atoms with E-state index in [-0.39, 0.29) is 0 Å². The lowest BCUT2D eigenvalue weighted by atomic mass is 10.1. The predicted octanol–water partition coefficient (Wildman–Crippen LogP) is 4.17. The van der Waals surface area contributed by atoms with Crippen molar-refractivity contribution in [2.45, 2.75) is 45.0 Å². The van der Waals surface area contributed by atoms with Crippen LogP contribution in [-0.2, 0) is 6.54 Å². The number of halogens is 1. The maximum Gasteiger partial charge on any atom is 0.0413 e. The summed E-state index contributed by atoms with van der Waals surface area (Å²) in [6, 6.07) is 6.79. The highest BCUT2D eigenvalue weighted by molar-refractivity contribution is 8.00. The molecule has 4 heteroatoms. The molecule has 1 aromatic rings. The van der Waals surface area contributed by atoms with Gasteiger partial charge in [0.1, 0.15) is 0 Å². The van der Waals surface area contributed by atoms with Gasteiger partial charge in [-0.1, -0.05) is 32.4 Å². The zero-order valence-electron chi connectivity index (χ0n) is 12.7. The molecule has 1 saturated heterocycles. The molecule has 1 aliphatic heterocycles. The number of nitrogens with zero attached hydrogens (tertiary/aromatic N) is 1. The summed E-state index contributed by atoms with van der Waals surface area (Å²) in [4.78, 5) is 2.53. The molecule has 2 nitrogen and oxygen atoms in total. The molecule has 1 unspecified atom stereocenters. The fraction of sp³-hybridized carbons (Fsp3) is 0.625. The number of thioether (sulfide) groups is 1. The van der Waals surface area contributed by atoms with Crippen molar-refractivity contribution in [3.8, 4) is 0 Å². The summed E-state index contributed by atoms with van der Waals surface area (Å²) in [6.07, 6.45) is 1.24. The van der Waals surface area contributed by atoms with Crippen LogP contribution in [0.15, 0.2) is 18.2 Å². The molecule has 0 bridgehead atoms. The van der Waals surface area contributed by atoms with E-state index in [4.69, 9.17) is 11.6 Å². The van der Waals surface area contributed by atoms with E-state index >= 15 is 0 Å². The van der Waals surface area contributed by atoms with Crippen molar-refractivity contribution >= 4 is 29.1 Å². The fourth-order valence-electron chi connectivity index (χ4n) is 2.50. The molecular formula is C16H25ClN2S. The average Bonchev–Trinajstić information content (AvgIpc) is 2.45. The topological polar surface area (TPSA) is 15.3 Å². The van der Waals surface area contributed by atoms with Crippen LogP contribution in [0.25, 0.3) is 0 Å². The largest absolute Gasteiger partial charge is 0.369 e. The summed E-state index contributed by atoms with van der Waals surface area (Å²) in [5.41, 5.74) is 2.66. The lowest BCUT2D eigenvalue weighted by Crippen LogP contribution is -2.38. The second kappa shape index (κ2) is 7.58. The van der Waals surface area contributed by atoms with Crippen molar-refractivity contribution in [1.82, 2.24) is 5.32 Å². The van der Waals surface area contributed by atoms with E-state index in [1.807, 2.05) is 6.07 Å². The standard InChI is InChI=1S/C16H25ClN2S/c1-4-15-11-19(7-8-20-15)16-6-5-14(17)9-13(16)10-18-12(2)3/h5-6,9,12,15,18H,4,7-8,10-11H2,1-3H3. The second-order valence-corrected chi connectivity index (χ2v) is 7.50. The molecule has 0 amide bonds. The maximum atomic E-state index is 6.18. The molecular weight excluding hydrogens is 288 g/mol.